The first-order chi connectivity index (χ1) is 12.6. The molecule has 0 radical (unpaired) electrons. The van der Waals surface area contributed by atoms with Crippen molar-refractivity contribution in [3.05, 3.63) is 24.0 Å². The standard InChI is InChI=1S/C16H20FN7O2/c17-11-8-24(7-10(11)6-19-16(25)26)15-18-4-3-13(21-15)20-14-5-12(22-23-14)9-1-2-9/h3-5,9-11,19H,1-2,6-8H2,(H,25,26)(H2,18,20,21,22,23)/t10-,11+/m0/s1. The van der Waals surface area contributed by atoms with E-state index in [4.69, 9.17) is 5.11 Å². The first-order valence-corrected chi connectivity index (χ1v) is 8.59. The van der Waals surface area contributed by atoms with Crippen LogP contribution in [0.1, 0.15) is 24.5 Å². The van der Waals surface area contributed by atoms with Crippen molar-refractivity contribution in [3.63, 3.8) is 0 Å². The lowest BCUT2D eigenvalue weighted by Gasteiger charge is -2.16. The monoisotopic (exact) mass is 361 g/mol. The van der Waals surface area contributed by atoms with Crippen LogP contribution >= 0.6 is 0 Å². The Morgan fingerprint density at radius 2 is 2.23 bits per heavy atom. The second-order valence-corrected chi connectivity index (χ2v) is 6.72. The van der Waals surface area contributed by atoms with E-state index in [0.717, 1.165) is 5.69 Å². The minimum absolute atomic E-state index is 0.0716. The molecule has 2 aromatic rings. The van der Waals surface area contributed by atoms with Crippen molar-refractivity contribution in [2.75, 3.05) is 29.9 Å². The fourth-order valence-corrected chi connectivity index (χ4v) is 3.11. The zero-order valence-electron chi connectivity index (χ0n) is 14.0. The molecule has 2 fully saturated rings. The average Bonchev–Trinajstić information content (AvgIpc) is 3.25. The van der Waals surface area contributed by atoms with Gasteiger partial charge in [-0.15, -0.1) is 0 Å². The maximum Gasteiger partial charge on any atom is 0.404 e. The van der Waals surface area contributed by atoms with E-state index < -0.39 is 18.2 Å². The van der Waals surface area contributed by atoms with Crippen LogP contribution in [0.15, 0.2) is 18.3 Å². The molecule has 2 atom stereocenters. The molecule has 10 heteroatoms. The smallest absolute Gasteiger partial charge is 0.404 e. The second-order valence-electron chi connectivity index (χ2n) is 6.72. The number of hydrogen-bond acceptors (Lipinski definition) is 6. The molecule has 0 unspecified atom stereocenters. The predicted octanol–water partition coefficient (Wildman–Crippen LogP) is 1.86. The summed E-state index contributed by atoms with van der Waals surface area (Å²) in [6.45, 7) is 0.574. The number of amides is 1. The van der Waals surface area contributed by atoms with Gasteiger partial charge in [-0.1, -0.05) is 0 Å². The third-order valence-corrected chi connectivity index (χ3v) is 4.67. The highest BCUT2D eigenvalue weighted by Gasteiger charge is 2.34. The highest BCUT2D eigenvalue weighted by molar-refractivity contribution is 5.64. The average molecular weight is 361 g/mol. The van der Waals surface area contributed by atoms with E-state index in [1.165, 1.54) is 12.8 Å². The number of halogens is 1. The van der Waals surface area contributed by atoms with Crippen LogP contribution in [0, 0.1) is 5.92 Å². The molecule has 26 heavy (non-hydrogen) atoms. The van der Waals surface area contributed by atoms with Gasteiger partial charge in [-0.05, 0) is 18.9 Å². The topological polar surface area (TPSA) is 119 Å². The molecular weight excluding hydrogens is 341 g/mol. The highest BCUT2D eigenvalue weighted by atomic mass is 19.1. The Hall–Kier alpha value is -2.91. The van der Waals surface area contributed by atoms with Crippen molar-refractivity contribution in [1.82, 2.24) is 25.5 Å². The van der Waals surface area contributed by atoms with E-state index in [1.54, 1.807) is 17.2 Å². The zero-order chi connectivity index (χ0) is 18.1. The summed E-state index contributed by atoms with van der Waals surface area (Å²) in [6, 6.07) is 3.70. The van der Waals surface area contributed by atoms with Crippen LogP contribution in [0.25, 0.3) is 0 Å². The number of hydrogen-bond donors (Lipinski definition) is 4. The molecule has 2 aromatic heterocycles. The van der Waals surface area contributed by atoms with Crippen LogP contribution < -0.4 is 15.5 Å². The van der Waals surface area contributed by atoms with E-state index in [9.17, 15) is 9.18 Å². The molecular formula is C16H20FN7O2. The molecule has 1 aliphatic carbocycles. The van der Waals surface area contributed by atoms with Gasteiger partial charge in [0.2, 0.25) is 5.95 Å². The van der Waals surface area contributed by atoms with Crippen molar-refractivity contribution >= 4 is 23.7 Å². The van der Waals surface area contributed by atoms with Gasteiger partial charge in [0.25, 0.3) is 0 Å². The first-order valence-electron chi connectivity index (χ1n) is 8.59. The third kappa shape index (κ3) is 3.68. The van der Waals surface area contributed by atoms with Crippen LogP contribution in [-0.2, 0) is 0 Å². The van der Waals surface area contributed by atoms with Gasteiger partial charge in [0.05, 0.1) is 6.54 Å². The number of aromatic nitrogens is 4. The van der Waals surface area contributed by atoms with Gasteiger partial charge >= 0.3 is 6.09 Å². The summed E-state index contributed by atoms with van der Waals surface area (Å²) in [7, 11) is 0. The maximum atomic E-state index is 14.1. The Bertz CT molecular complexity index is 794. The van der Waals surface area contributed by atoms with Crippen LogP contribution in [0.5, 0.6) is 0 Å². The van der Waals surface area contributed by atoms with Crippen molar-refractivity contribution < 1.29 is 14.3 Å². The van der Waals surface area contributed by atoms with Crippen molar-refractivity contribution in [1.29, 1.82) is 0 Å². The minimum Gasteiger partial charge on any atom is -0.465 e. The lowest BCUT2D eigenvalue weighted by atomic mass is 10.1. The van der Waals surface area contributed by atoms with E-state index in [1.807, 2.05) is 6.07 Å². The number of anilines is 3. The van der Waals surface area contributed by atoms with Gasteiger partial charge in [-0.2, -0.15) is 10.1 Å². The van der Waals surface area contributed by atoms with Crippen molar-refractivity contribution in [2.45, 2.75) is 24.9 Å². The number of nitrogens with zero attached hydrogens (tertiary/aromatic N) is 4. The van der Waals surface area contributed by atoms with Crippen LogP contribution in [-0.4, -0.2) is 57.2 Å². The van der Waals surface area contributed by atoms with E-state index >= 15 is 0 Å². The quantitative estimate of drug-likeness (QED) is 0.620. The number of nitrogens with one attached hydrogen (secondary N) is 3. The van der Waals surface area contributed by atoms with Gasteiger partial charge in [0.15, 0.2) is 5.82 Å². The van der Waals surface area contributed by atoms with Crippen LogP contribution in [0.3, 0.4) is 0 Å². The summed E-state index contributed by atoms with van der Waals surface area (Å²) < 4.78 is 14.1. The molecule has 1 aliphatic heterocycles. The molecule has 1 saturated carbocycles. The zero-order valence-corrected chi connectivity index (χ0v) is 14.0. The van der Waals surface area contributed by atoms with Gasteiger partial charge < -0.3 is 20.6 Å². The van der Waals surface area contributed by atoms with Gasteiger partial charge in [-0.3, -0.25) is 5.10 Å². The molecule has 4 N–H and O–H groups in total. The summed E-state index contributed by atoms with van der Waals surface area (Å²) in [6.07, 6.45) is 1.71. The molecule has 3 heterocycles. The number of alkyl halides is 1. The lowest BCUT2D eigenvalue weighted by molar-refractivity contribution is 0.189. The molecule has 0 aromatic carbocycles. The number of aromatic amines is 1. The summed E-state index contributed by atoms with van der Waals surface area (Å²) in [4.78, 5) is 21.0. The van der Waals surface area contributed by atoms with E-state index in [-0.39, 0.29) is 13.1 Å². The molecule has 4 rings (SSSR count). The Morgan fingerprint density at radius 3 is 3.00 bits per heavy atom. The number of rotatable bonds is 6. The largest absolute Gasteiger partial charge is 0.465 e. The Balaban J connectivity index is 1.41. The molecule has 2 aliphatic rings. The number of carbonyl (C=O) groups is 1. The van der Waals surface area contributed by atoms with Crippen LogP contribution in [0.2, 0.25) is 0 Å². The fourth-order valence-electron chi connectivity index (χ4n) is 3.11. The summed E-state index contributed by atoms with van der Waals surface area (Å²) in [5.41, 5.74) is 1.12. The summed E-state index contributed by atoms with van der Waals surface area (Å²) in [5.74, 6) is 1.84. The predicted molar refractivity (Wildman–Crippen MR) is 92.5 cm³/mol. The molecule has 0 spiro atoms. The maximum absolute atomic E-state index is 14.1. The number of carboxylic acid groups (broad SMARTS) is 1. The fraction of sp³-hybridized carbons (Fsp3) is 0.500. The van der Waals surface area contributed by atoms with Gasteiger partial charge in [-0.25, -0.2) is 14.2 Å². The second kappa shape index (κ2) is 6.77. The lowest BCUT2D eigenvalue weighted by Crippen LogP contribution is -2.32. The Morgan fingerprint density at radius 1 is 1.38 bits per heavy atom. The highest BCUT2D eigenvalue weighted by Crippen LogP contribution is 2.39. The summed E-state index contributed by atoms with van der Waals surface area (Å²) in [5, 5.41) is 21.3. The Labute approximate surface area is 149 Å². The number of H-pyrrole nitrogens is 1. The van der Waals surface area contributed by atoms with Crippen molar-refractivity contribution in [2.24, 2.45) is 5.92 Å². The molecule has 9 nitrogen and oxygen atoms in total. The first kappa shape index (κ1) is 16.6. The van der Waals surface area contributed by atoms with E-state index in [2.05, 4.69) is 30.8 Å². The molecule has 1 saturated heterocycles. The SMILES string of the molecule is O=C(O)NC[C@H]1CN(c2nccc(Nc3cc(C4CC4)[nH]n3)n2)C[C@H]1F. The third-order valence-electron chi connectivity index (χ3n) is 4.67. The minimum atomic E-state index is -1.15. The molecule has 1 amide bonds. The normalized spacial score (nSPS) is 22.4. The van der Waals surface area contributed by atoms with Gasteiger partial charge in [0.1, 0.15) is 12.0 Å². The van der Waals surface area contributed by atoms with Crippen LogP contribution in [0.4, 0.5) is 26.8 Å². The summed E-state index contributed by atoms with van der Waals surface area (Å²) >= 11 is 0. The van der Waals surface area contributed by atoms with Gasteiger partial charge in [0, 0.05) is 42.9 Å². The van der Waals surface area contributed by atoms with E-state index in [0.29, 0.717) is 30.0 Å². The molecule has 138 valence electrons. The Kier molecular flexibility index (Phi) is 4.31. The van der Waals surface area contributed by atoms with Crippen molar-refractivity contribution in [3.8, 4) is 0 Å². The molecule has 0 bridgehead atoms.